The van der Waals surface area contributed by atoms with E-state index in [0.29, 0.717) is 19.1 Å². The molecule has 128 valence electrons. The van der Waals surface area contributed by atoms with Gasteiger partial charge in [0.15, 0.2) is 11.5 Å². The molecule has 3 rings (SSSR count). The van der Waals surface area contributed by atoms with E-state index in [0.717, 1.165) is 29.9 Å². The van der Waals surface area contributed by atoms with Crippen molar-refractivity contribution in [2.24, 2.45) is 17.6 Å². The standard InChI is InChI=1S/C17H24N2O3.ClH/c1-10(11(2)18)17(20)19-16(12-3-4-12)13-5-6-14-15(9-13)22-8-7-21-14;/h5-6,9-12,16H,3-4,7-8,18H2,1-2H3,(H,19,20);1H. The number of fused-ring (bicyclic) bond motifs is 1. The summed E-state index contributed by atoms with van der Waals surface area (Å²) in [5.41, 5.74) is 6.92. The van der Waals surface area contributed by atoms with Crippen LogP contribution in [0, 0.1) is 11.8 Å². The normalized spacial score (nSPS) is 20.0. The van der Waals surface area contributed by atoms with E-state index in [2.05, 4.69) is 5.32 Å². The van der Waals surface area contributed by atoms with Crippen LogP contribution in [0.1, 0.15) is 38.3 Å². The van der Waals surface area contributed by atoms with Gasteiger partial charge in [0.25, 0.3) is 0 Å². The maximum absolute atomic E-state index is 12.3. The third-order valence-corrected chi connectivity index (χ3v) is 4.52. The first-order valence-electron chi connectivity index (χ1n) is 8.01. The summed E-state index contributed by atoms with van der Waals surface area (Å²) in [5, 5.41) is 3.17. The molecule has 3 N–H and O–H groups in total. The van der Waals surface area contributed by atoms with E-state index >= 15 is 0 Å². The summed E-state index contributed by atoms with van der Waals surface area (Å²) in [7, 11) is 0. The van der Waals surface area contributed by atoms with Gasteiger partial charge in [-0.1, -0.05) is 13.0 Å². The van der Waals surface area contributed by atoms with Crippen molar-refractivity contribution in [2.45, 2.75) is 38.8 Å². The number of carbonyl (C=O) groups excluding carboxylic acids is 1. The Balaban J connectivity index is 0.00000192. The lowest BCUT2D eigenvalue weighted by Crippen LogP contribution is -2.40. The molecule has 1 aliphatic carbocycles. The Morgan fingerprint density at radius 3 is 2.48 bits per heavy atom. The van der Waals surface area contributed by atoms with Gasteiger partial charge in [0.05, 0.1) is 6.04 Å². The molecule has 6 heteroatoms. The van der Waals surface area contributed by atoms with Crippen LogP contribution in [0.4, 0.5) is 0 Å². The van der Waals surface area contributed by atoms with Crippen molar-refractivity contribution in [2.75, 3.05) is 13.2 Å². The van der Waals surface area contributed by atoms with Crippen molar-refractivity contribution < 1.29 is 14.3 Å². The third-order valence-electron chi connectivity index (χ3n) is 4.52. The Labute approximate surface area is 143 Å². The van der Waals surface area contributed by atoms with E-state index < -0.39 is 0 Å². The highest BCUT2D eigenvalue weighted by Crippen LogP contribution is 2.43. The minimum absolute atomic E-state index is 0. The third kappa shape index (κ3) is 4.09. The van der Waals surface area contributed by atoms with Crippen LogP contribution in [0.15, 0.2) is 18.2 Å². The van der Waals surface area contributed by atoms with Crippen LogP contribution in [0.25, 0.3) is 0 Å². The Morgan fingerprint density at radius 2 is 1.87 bits per heavy atom. The molecule has 0 radical (unpaired) electrons. The quantitative estimate of drug-likeness (QED) is 0.863. The molecule has 0 aromatic heterocycles. The summed E-state index contributed by atoms with van der Waals surface area (Å²) in [6.45, 7) is 4.88. The highest BCUT2D eigenvalue weighted by atomic mass is 35.5. The predicted octanol–water partition coefficient (Wildman–Crippen LogP) is 2.43. The fourth-order valence-corrected chi connectivity index (χ4v) is 2.68. The molecule has 5 nitrogen and oxygen atoms in total. The van der Waals surface area contributed by atoms with Gasteiger partial charge >= 0.3 is 0 Å². The molecule has 1 aromatic rings. The smallest absolute Gasteiger partial charge is 0.224 e. The molecule has 1 heterocycles. The van der Waals surface area contributed by atoms with Gasteiger partial charge in [-0.2, -0.15) is 0 Å². The van der Waals surface area contributed by atoms with Gasteiger partial charge in [0, 0.05) is 12.0 Å². The summed E-state index contributed by atoms with van der Waals surface area (Å²) < 4.78 is 11.2. The van der Waals surface area contributed by atoms with Gasteiger partial charge in [-0.3, -0.25) is 4.79 Å². The zero-order valence-corrected chi connectivity index (χ0v) is 14.4. The maximum Gasteiger partial charge on any atom is 0.224 e. The number of nitrogens with two attached hydrogens (primary N) is 1. The van der Waals surface area contributed by atoms with E-state index in [4.69, 9.17) is 15.2 Å². The molecule has 1 fully saturated rings. The first-order chi connectivity index (χ1) is 10.6. The summed E-state index contributed by atoms with van der Waals surface area (Å²) in [6, 6.07) is 5.83. The number of halogens is 1. The Kier molecular flexibility index (Phi) is 5.76. The van der Waals surface area contributed by atoms with Crippen LogP contribution >= 0.6 is 12.4 Å². The van der Waals surface area contributed by atoms with Crippen molar-refractivity contribution in [1.29, 1.82) is 0 Å². The van der Waals surface area contributed by atoms with Crippen molar-refractivity contribution in [3.05, 3.63) is 23.8 Å². The highest BCUT2D eigenvalue weighted by Gasteiger charge is 2.35. The minimum atomic E-state index is -0.196. The van der Waals surface area contributed by atoms with Gasteiger partial charge in [-0.15, -0.1) is 12.4 Å². The molecule has 3 atom stereocenters. The van der Waals surface area contributed by atoms with Crippen LogP contribution in [0.5, 0.6) is 11.5 Å². The van der Waals surface area contributed by atoms with E-state index in [1.165, 1.54) is 0 Å². The van der Waals surface area contributed by atoms with E-state index in [9.17, 15) is 4.79 Å². The first-order valence-corrected chi connectivity index (χ1v) is 8.01. The number of amides is 1. The molecule has 1 aliphatic heterocycles. The zero-order chi connectivity index (χ0) is 15.7. The number of ether oxygens (including phenoxy) is 2. The molecule has 2 aliphatic rings. The molecule has 0 saturated heterocycles. The van der Waals surface area contributed by atoms with Crippen LogP contribution in [0.2, 0.25) is 0 Å². The first kappa shape index (κ1) is 17.9. The van der Waals surface area contributed by atoms with Crippen LogP contribution in [-0.2, 0) is 4.79 Å². The fraction of sp³-hybridized carbons (Fsp3) is 0.588. The molecule has 23 heavy (non-hydrogen) atoms. The lowest BCUT2D eigenvalue weighted by molar-refractivity contribution is -0.125. The van der Waals surface area contributed by atoms with Crippen molar-refractivity contribution in [3.8, 4) is 11.5 Å². The molecule has 1 amide bonds. The summed E-state index contributed by atoms with van der Waals surface area (Å²) in [5.74, 6) is 1.87. The van der Waals surface area contributed by atoms with Crippen molar-refractivity contribution in [1.82, 2.24) is 5.32 Å². The van der Waals surface area contributed by atoms with Gasteiger partial charge in [-0.05, 0) is 43.4 Å². The predicted molar refractivity (Wildman–Crippen MR) is 91.1 cm³/mol. The SMILES string of the molecule is CC(N)C(C)C(=O)NC(c1ccc2c(c1)OCCO2)C1CC1.Cl. The van der Waals surface area contributed by atoms with E-state index in [1.807, 2.05) is 32.0 Å². The second kappa shape index (κ2) is 7.41. The van der Waals surface area contributed by atoms with E-state index in [-0.39, 0.29) is 36.3 Å². The van der Waals surface area contributed by atoms with Gasteiger partial charge in [-0.25, -0.2) is 0 Å². The fourth-order valence-electron chi connectivity index (χ4n) is 2.68. The summed E-state index contributed by atoms with van der Waals surface area (Å²) in [6.07, 6.45) is 2.29. The number of hydrogen-bond donors (Lipinski definition) is 2. The molecule has 3 unspecified atom stereocenters. The second-order valence-corrected chi connectivity index (χ2v) is 6.37. The minimum Gasteiger partial charge on any atom is -0.486 e. The Hall–Kier alpha value is -1.46. The van der Waals surface area contributed by atoms with Gasteiger partial charge in [0.2, 0.25) is 5.91 Å². The largest absolute Gasteiger partial charge is 0.486 e. The molecule has 0 spiro atoms. The monoisotopic (exact) mass is 340 g/mol. The molecule has 0 bridgehead atoms. The topological polar surface area (TPSA) is 73.6 Å². The molecule has 1 saturated carbocycles. The van der Waals surface area contributed by atoms with Crippen LogP contribution in [-0.4, -0.2) is 25.2 Å². The van der Waals surface area contributed by atoms with Crippen LogP contribution < -0.4 is 20.5 Å². The lowest BCUT2D eigenvalue weighted by atomic mass is 9.98. The Bertz CT molecular complexity index is 561. The average Bonchev–Trinajstić information content (AvgIpc) is 3.35. The maximum atomic E-state index is 12.3. The van der Waals surface area contributed by atoms with Crippen molar-refractivity contribution in [3.63, 3.8) is 0 Å². The van der Waals surface area contributed by atoms with Crippen LogP contribution in [0.3, 0.4) is 0 Å². The van der Waals surface area contributed by atoms with Crippen molar-refractivity contribution >= 4 is 18.3 Å². The Morgan fingerprint density at radius 1 is 1.22 bits per heavy atom. The number of nitrogens with one attached hydrogen (secondary N) is 1. The van der Waals surface area contributed by atoms with Gasteiger partial charge < -0.3 is 20.5 Å². The average molecular weight is 341 g/mol. The highest BCUT2D eigenvalue weighted by molar-refractivity contribution is 5.85. The zero-order valence-electron chi connectivity index (χ0n) is 13.6. The number of rotatable bonds is 5. The van der Waals surface area contributed by atoms with Gasteiger partial charge in [0.1, 0.15) is 13.2 Å². The molecular formula is C17H25ClN2O3. The van der Waals surface area contributed by atoms with E-state index in [1.54, 1.807) is 0 Å². The second-order valence-electron chi connectivity index (χ2n) is 6.37. The molecular weight excluding hydrogens is 316 g/mol. The number of benzene rings is 1. The summed E-state index contributed by atoms with van der Waals surface area (Å²) >= 11 is 0. The number of carbonyl (C=O) groups is 1. The molecule has 1 aromatic carbocycles. The lowest BCUT2D eigenvalue weighted by Gasteiger charge is -2.25. The summed E-state index contributed by atoms with van der Waals surface area (Å²) in [4.78, 5) is 12.3. The number of hydrogen-bond acceptors (Lipinski definition) is 4.